The van der Waals surface area contributed by atoms with E-state index in [1.54, 1.807) is 36.5 Å². The number of rotatable bonds is 4. The van der Waals surface area contributed by atoms with Crippen LogP contribution in [0.15, 0.2) is 71.9 Å². The molecule has 0 aliphatic heterocycles. The molecule has 4 aromatic rings. The number of nitrogens with zero attached hydrogens (tertiary/aromatic N) is 4. The number of carbonyl (C=O) groups excluding carboxylic acids is 1. The van der Waals surface area contributed by atoms with Crippen molar-refractivity contribution in [2.75, 3.05) is 5.32 Å². The number of hydrogen-bond donors (Lipinski definition) is 1. The molecule has 0 atom stereocenters. The van der Waals surface area contributed by atoms with Gasteiger partial charge in [0, 0.05) is 24.0 Å². The SMILES string of the molecule is O=C(Nc1ncccn1)c1cc2cccnc2n(Cc2ccc(F)cc2)c1=O. The van der Waals surface area contributed by atoms with Crippen molar-refractivity contribution >= 4 is 22.9 Å². The van der Waals surface area contributed by atoms with Crippen molar-refractivity contribution in [1.82, 2.24) is 19.5 Å². The van der Waals surface area contributed by atoms with Gasteiger partial charge in [0.25, 0.3) is 11.5 Å². The highest BCUT2D eigenvalue weighted by Gasteiger charge is 2.17. The van der Waals surface area contributed by atoms with Gasteiger partial charge in [-0.3, -0.25) is 19.5 Å². The Kier molecular flexibility index (Phi) is 4.59. The Hall–Kier alpha value is -3.94. The number of halogens is 1. The van der Waals surface area contributed by atoms with Gasteiger partial charge in [-0.1, -0.05) is 12.1 Å². The molecule has 0 fully saturated rings. The van der Waals surface area contributed by atoms with E-state index in [1.165, 1.54) is 35.2 Å². The average molecular weight is 375 g/mol. The summed E-state index contributed by atoms with van der Waals surface area (Å²) in [5.41, 5.74) is 0.572. The zero-order valence-corrected chi connectivity index (χ0v) is 14.5. The number of nitrogens with one attached hydrogen (secondary N) is 1. The van der Waals surface area contributed by atoms with Crippen LogP contribution in [0.5, 0.6) is 0 Å². The molecule has 28 heavy (non-hydrogen) atoms. The van der Waals surface area contributed by atoms with E-state index in [-0.39, 0.29) is 23.9 Å². The third-order valence-corrected chi connectivity index (χ3v) is 4.14. The minimum absolute atomic E-state index is 0.0601. The van der Waals surface area contributed by atoms with E-state index in [9.17, 15) is 14.0 Å². The molecule has 3 heterocycles. The Morgan fingerprint density at radius 2 is 1.71 bits per heavy atom. The maximum atomic E-state index is 13.2. The van der Waals surface area contributed by atoms with Gasteiger partial charge in [-0.15, -0.1) is 0 Å². The standard InChI is InChI=1S/C20H14FN5O2/c21-15-6-4-13(5-7-15)12-26-17-14(3-1-8-22-17)11-16(19(26)28)18(27)25-20-23-9-2-10-24-20/h1-11H,12H2,(H,23,24,25,27). The molecular formula is C20H14FN5O2. The fourth-order valence-corrected chi connectivity index (χ4v) is 2.82. The van der Waals surface area contributed by atoms with Crippen LogP contribution >= 0.6 is 0 Å². The molecule has 0 saturated heterocycles. The van der Waals surface area contributed by atoms with Crippen molar-refractivity contribution in [3.05, 3.63) is 94.4 Å². The number of amides is 1. The van der Waals surface area contributed by atoms with E-state index in [4.69, 9.17) is 0 Å². The molecule has 0 aliphatic rings. The van der Waals surface area contributed by atoms with Crippen LogP contribution < -0.4 is 10.9 Å². The van der Waals surface area contributed by atoms with Crippen molar-refractivity contribution < 1.29 is 9.18 Å². The summed E-state index contributed by atoms with van der Waals surface area (Å²) in [6.07, 6.45) is 4.54. The highest BCUT2D eigenvalue weighted by atomic mass is 19.1. The molecule has 138 valence electrons. The van der Waals surface area contributed by atoms with Gasteiger partial charge in [0.15, 0.2) is 0 Å². The monoisotopic (exact) mass is 375 g/mol. The molecule has 3 aromatic heterocycles. The largest absolute Gasteiger partial charge is 0.290 e. The molecule has 0 bridgehead atoms. The third kappa shape index (κ3) is 3.48. The van der Waals surface area contributed by atoms with E-state index in [1.807, 2.05) is 0 Å². The lowest BCUT2D eigenvalue weighted by Crippen LogP contribution is -2.30. The van der Waals surface area contributed by atoms with Crippen LogP contribution in [0.1, 0.15) is 15.9 Å². The van der Waals surface area contributed by atoms with E-state index < -0.39 is 11.5 Å². The topological polar surface area (TPSA) is 89.8 Å². The van der Waals surface area contributed by atoms with Crippen molar-refractivity contribution in [3.63, 3.8) is 0 Å². The quantitative estimate of drug-likeness (QED) is 0.592. The van der Waals surface area contributed by atoms with Gasteiger partial charge in [-0.25, -0.2) is 19.3 Å². The maximum absolute atomic E-state index is 13.2. The van der Waals surface area contributed by atoms with Crippen LogP contribution in [0, 0.1) is 5.82 Å². The first-order valence-corrected chi connectivity index (χ1v) is 8.43. The molecule has 0 aliphatic carbocycles. The molecule has 4 rings (SSSR count). The molecule has 1 N–H and O–H groups in total. The number of benzene rings is 1. The van der Waals surface area contributed by atoms with Crippen molar-refractivity contribution in [2.45, 2.75) is 6.54 Å². The Bertz CT molecular complexity index is 1210. The Balaban J connectivity index is 1.79. The minimum atomic E-state index is -0.616. The first kappa shape index (κ1) is 17.5. The first-order chi connectivity index (χ1) is 13.6. The number of hydrogen-bond acceptors (Lipinski definition) is 5. The molecule has 0 saturated carbocycles. The molecular weight excluding hydrogens is 361 g/mol. The van der Waals surface area contributed by atoms with Crippen molar-refractivity contribution in [1.29, 1.82) is 0 Å². The highest BCUT2D eigenvalue weighted by Crippen LogP contribution is 2.14. The number of pyridine rings is 2. The normalized spacial score (nSPS) is 10.8. The summed E-state index contributed by atoms with van der Waals surface area (Å²) in [6, 6.07) is 12.4. The van der Waals surface area contributed by atoms with Gasteiger partial charge in [-0.05, 0) is 42.0 Å². The maximum Gasteiger partial charge on any atom is 0.265 e. The van der Waals surface area contributed by atoms with Gasteiger partial charge < -0.3 is 0 Å². The summed E-state index contributed by atoms with van der Waals surface area (Å²) in [5, 5.41) is 3.15. The highest BCUT2D eigenvalue weighted by molar-refractivity contribution is 6.04. The molecule has 0 spiro atoms. The Morgan fingerprint density at radius 1 is 1.00 bits per heavy atom. The fourth-order valence-electron chi connectivity index (χ4n) is 2.82. The lowest BCUT2D eigenvalue weighted by molar-refractivity contribution is 0.102. The number of anilines is 1. The van der Waals surface area contributed by atoms with E-state index in [0.29, 0.717) is 16.6 Å². The Labute approximate surface area is 158 Å². The van der Waals surface area contributed by atoms with Gasteiger partial charge >= 0.3 is 0 Å². The van der Waals surface area contributed by atoms with E-state index in [0.717, 1.165) is 0 Å². The van der Waals surface area contributed by atoms with E-state index in [2.05, 4.69) is 20.3 Å². The van der Waals surface area contributed by atoms with Crippen molar-refractivity contribution in [2.24, 2.45) is 0 Å². The summed E-state index contributed by atoms with van der Waals surface area (Å²) < 4.78 is 14.6. The lowest BCUT2D eigenvalue weighted by Gasteiger charge is -2.12. The van der Waals surface area contributed by atoms with Gasteiger partial charge in [-0.2, -0.15) is 0 Å². The first-order valence-electron chi connectivity index (χ1n) is 8.43. The molecule has 1 aromatic carbocycles. The van der Waals surface area contributed by atoms with Crippen LogP contribution in [-0.4, -0.2) is 25.4 Å². The molecule has 1 amide bonds. The fraction of sp³-hybridized carbons (Fsp3) is 0.0500. The van der Waals surface area contributed by atoms with Crippen LogP contribution in [0.25, 0.3) is 11.0 Å². The Morgan fingerprint density at radius 3 is 2.46 bits per heavy atom. The third-order valence-electron chi connectivity index (χ3n) is 4.14. The van der Waals surface area contributed by atoms with Crippen LogP contribution in [0.4, 0.5) is 10.3 Å². The number of aromatic nitrogens is 4. The lowest BCUT2D eigenvalue weighted by atomic mass is 10.1. The predicted octanol–water partition coefficient (Wildman–Crippen LogP) is 2.63. The van der Waals surface area contributed by atoms with Gasteiger partial charge in [0.05, 0.1) is 6.54 Å². The molecule has 0 radical (unpaired) electrons. The van der Waals surface area contributed by atoms with Crippen LogP contribution in [0.2, 0.25) is 0 Å². The zero-order chi connectivity index (χ0) is 19.5. The number of carbonyl (C=O) groups is 1. The van der Waals surface area contributed by atoms with Crippen LogP contribution in [0.3, 0.4) is 0 Å². The average Bonchev–Trinajstić information content (AvgIpc) is 2.72. The summed E-state index contributed by atoms with van der Waals surface area (Å²) in [4.78, 5) is 37.8. The summed E-state index contributed by atoms with van der Waals surface area (Å²) >= 11 is 0. The molecule has 8 heteroatoms. The van der Waals surface area contributed by atoms with Crippen molar-refractivity contribution in [3.8, 4) is 0 Å². The molecule has 7 nitrogen and oxygen atoms in total. The second-order valence-corrected chi connectivity index (χ2v) is 6.02. The van der Waals surface area contributed by atoms with E-state index >= 15 is 0 Å². The minimum Gasteiger partial charge on any atom is -0.290 e. The zero-order valence-electron chi connectivity index (χ0n) is 14.5. The van der Waals surface area contributed by atoms with Crippen LogP contribution in [-0.2, 0) is 6.54 Å². The smallest absolute Gasteiger partial charge is 0.265 e. The second-order valence-electron chi connectivity index (χ2n) is 6.02. The molecule has 0 unspecified atom stereocenters. The van der Waals surface area contributed by atoms with Gasteiger partial charge in [0.2, 0.25) is 5.95 Å². The summed E-state index contributed by atoms with van der Waals surface area (Å²) in [7, 11) is 0. The van der Waals surface area contributed by atoms with Gasteiger partial charge in [0.1, 0.15) is 17.0 Å². The predicted molar refractivity (Wildman–Crippen MR) is 101 cm³/mol. The summed E-state index contributed by atoms with van der Waals surface area (Å²) in [5.74, 6) is -0.881. The number of fused-ring (bicyclic) bond motifs is 1. The second kappa shape index (κ2) is 7.36. The summed E-state index contributed by atoms with van der Waals surface area (Å²) in [6.45, 7) is 0.148.